The average molecular weight is 323 g/mol. The molecule has 0 unspecified atom stereocenters. The Kier molecular flexibility index (Phi) is 5.49. The van der Waals surface area contributed by atoms with Gasteiger partial charge in [0.25, 0.3) is 0 Å². The Bertz CT molecular complexity index is 639. The van der Waals surface area contributed by atoms with Crippen LogP contribution in [-0.2, 0) is 0 Å². The summed E-state index contributed by atoms with van der Waals surface area (Å²) in [6.07, 6.45) is 0. The van der Waals surface area contributed by atoms with Crippen molar-refractivity contribution < 1.29 is 24.1 Å². The third kappa shape index (κ3) is 4.30. The van der Waals surface area contributed by atoms with Crippen LogP contribution in [0.3, 0.4) is 0 Å². The smallest absolute Gasteiger partial charge is 0.335 e. The van der Waals surface area contributed by atoms with Gasteiger partial charge in [-0.25, -0.2) is 4.79 Å². The molecule has 5 nitrogen and oxygen atoms in total. The lowest BCUT2D eigenvalue weighted by Gasteiger charge is -2.10. The molecule has 0 aromatic heterocycles. The SMILES string of the molecule is COc1ccc(OCCOc2ccc(C(=O)O)cc2)c(Cl)c1. The molecule has 0 bridgehead atoms. The molecule has 2 aromatic carbocycles. The van der Waals surface area contributed by atoms with Crippen LogP contribution in [0.1, 0.15) is 10.4 Å². The quantitative estimate of drug-likeness (QED) is 0.790. The van der Waals surface area contributed by atoms with Crippen LogP contribution < -0.4 is 14.2 Å². The van der Waals surface area contributed by atoms with Crippen LogP contribution in [-0.4, -0.2) is 31.4 Å². The predicted molar refractivity (Wildman–Crippen MR) is 82.4 cm³/mol. The van der Waals surface area contributed by atoms with Crippen molar-refractivity contribution in [1.29, 1.82) is 0 Å². The van der Waals surface area contributed by atoms with Gasteiger partial charge >= 0.3 is 5.97 Å². The molecule has 0 radical (unpaired) electrons. The number of ether oxygens (including phenoxy) is 3. The molecule has 0 saturated carbocycles. The molecule has 0 heterocycles. The zero-order valence-electron chi connectivity index (χ0n) is 11.9. The first-order chi connectivity index (χ1) is 10.6. The minimum absolute atomic E-state index is 0.216. The fourth-order valence-corrected chi connectivity index (χ4v) is 1.96. The predicted octanol–water partition coefficient (Wildman–Crippen LogP) is 3.50. The molecule has 0 saturated heterocycles. The normalized spacial score (nSPS) is 10.1. The minimum atomic E-state index is -0.968. The van der Waals surface area contributed by atoms with Gasteiger partial charge in [-0.2, -0.15) is 0 Å². The number of hydrogen-bond donors (Lipinski definition) is 1. The van der Waals surface area contributed by atoms with Crippen LogP contribution in [0, 0.1) is 0 Å². The second kappa shape index (κ2) is 7.56. The molecule has 0 aliphatic carbocycles. The van der Waals surface area contributed by atoms with Gasteiger partial charge in [-0.3, -0.25) is 0 Å². The number of benzene rings is 2. The van der Waals surface area contributed by atoms with E-state index in [1.165, 1.54) is 12.1 Å². The Labute approximate surface area is 133 Å². The summed E-state index contributed by atoms with van der Waals surface area (Å²) >= 11 is 6.05. The molecule has 22 heavy (non-hydrogen) atoms. The highest BCUT2D eigenvalue weighted by Crippen LogP contribution is 2.28. The van der Waals surface area contributed by atoms with Gasteiger partial charge in [-0.05, 0) is 36.4 Å². The number of rotatable bonds is 7. The van der Waals surface area contributed by atoms with Crippen LogP contribution >= 0.6 is 11.6 Å². The summed E-state index contributed by atoms with van der Waals surface area (Å²) in [5, 5.41) is 9.26. The fraction of sp³-hybridized carbons (Fsp3) is 0.188. The standard InChI is InChI=1S/C16H15ClO5/c1-20-13-6-7-15(14(17)10-13)22-9-8-21-12-4-2-11(3-5-12)16(18)19/h2-7,10H,8-9H2,1H3,(H,18,19). The van der Waals surface area contributed by atoms with E-state index < -0.39 is 5.97 Å². The second-order valence-corrected chi connectivity index (χ2v) is 4.73. The average Bonchev–Trinajstić information content (AvgIpc) is 2.53. The lowest BCUT2D eigenvalue weighted by atomic mass is 10.2. The van der Waals surface area contributed by atoms with Gasteiger partial charge in [0, 0.05) is 6.07 Å². The highest BCUT2D eigenvalue weighted by atomic mass is 35.5. The molecule has 2 rings (SSSR count). The summed E-state index contributed by atoms with van der Waals surface area (Å²) in [4.78, 5) is 10.7. The topological polar surface area (TPSA) is 65.0 Å². The molecule has 0 atom stereocenters. The fourth-order valence-electron chi connectivity index (χ4n) is 1.73. The van der Waals surface area contributed by atoms with E-state index in [1.54, 1.807) is 37.4 Å². The van der Waals surface area contributed by atoms with Gasteiger partial charge in [0.15, 0.2) is 0 Å². The zero-order valence-corrected chi connectivity index (χ0v) is 12.7. The summed E-state index contributed by atoms with van der Waals surface area (Å²) in [5.74, 6) is 0.817. The van der Waals surface area contributed by atoms with E-state index in [2.05, 4.69) is 0 Å². The van der Waals surface area contributed by atoms with Crippen LogP contribution in [0.15, 0.2) is 42.5 Å². The summed E-state index contributed by atoms with van der Waals surface area (Å²) < 4.78 is 16.0. The number of halogens is 1. The van der Waals surface area contributed by atoms with Crippen LogP contribution in [0.4, 0.5) is 0 Å². The molecule has 2 aromatic rings. The first-order valence-corrected chi connectivity index (χ1v) is 6.90. The Balaban J connectivity index is 1.80. The van der Waals surface area contributed by atoms with E-state index in [-0.39, 0.29) is 5.56 Å². The summed E-state index contributed by atoms with van der Waals surface area (Å²) in [7, 11) is 1.57. The summed E-state index contributed by atoms with van der Waals surface area (Å²) in [6, 6.07) is 11.3. The number of methoxy groups -OCH3 is 1. The van der Waals surface area contributed by atoms with Crippen LogP contribution in [0.5, 0.6) is 17.2 Å². The lowest BCUT2D eigenvalue weighted by molar-refractivity contribution is 0.0697. The molecular weight excluding hydrogens is 308 g/mol. The number of carboxylic acids is 1. The van der Waals surface area contributed by atoms with Crippen LogP contribution in [0.25, 0.3) is 0 Å². The number of carbonyl (C=O) groups is 1. The van der Waals surface area contributed by atoms with Gasteiger partial charge in [0.05, 0.1) is 17.7 Å². The van der Waals surface area contributed by atoms with E-state index in [9.17, 15) is 4.79 Å². The Hall–Kier alpha value is -2.40. The maximum absolute atomic E-state index is 10.7. The molecular formula is C16H15ClO5. The monoisotopic (exact) mass is 322 g/mol. The lowest BCUT2D eigenvalue weighted by Crippen LogP contribution is -2.09. The van der Waals surface area contributed by atoms with Gasteiger partial charge in [0.2, 0.25) is 0 Å². The van der Waals surface area contributed by atoms with Crippen molar-refractivity contribution in [3.05, 3.63) is 53.1 Å². The third-order valence-corrected chi connectivity index (χ3v) is 3.15. The van der Waals surface area contributed by atoms with Crippen molar-refractivity contribution in [2.24, 2.45) is 0 Å². The highest BCUT2D eigenvalue weighted by Gasteiger charge is 2.04. The molecule has 0 aliphatic rings. The van der Waals surface area contributed by atoms with Crippen molar-refractivity contribution in [2.45, 2.75) is 0 Å². The first kappa shape index (κ1) is 16.0. The Morgan fingerprint density at radius 1 is 1.05 bits per heavy atom. The Morgan fingerprint density at radius 3 is 2.27 bits per heavy atom. The second-order valence-electron chi connectivity index (χ2n) is 4.32. The van der Waals surface area contributed by atoms with E-state index in [1.807, 2.05) is 0 Å². The number of carboxylic acid groups (broad SMARTS) is 1. The van der Waals surface area contributed by atoms with Crippen molar-refractivity contribution in [1.82, 2.24) is 0 Å². The number of hydrogen-bond acceptors (Lipinski definition) is 4. The Morgan fingerprint density at radius 2 is 1.68 bits per heavy atom. The molecule has 0 spiro atoms. The largest absolute Gasteiger partial charge is 0.497 e. The van der Waals surface area contributed by atoms with Crippen molar-refractivity contribution in [3.8, 4) is 17.2 Å². The van der Waals surface area contributed by atoms with Gasteiger partial charge in [0.1, 0.15) is 30.5 Å². The zero-order chi connectivity index (χ0) is 15.9. The highest BCUT2D eigenvalue weighted by molar-refractivity contribution is 6.32. The van der Waals surface area contributed by atoms with E-state index in [0.717, 1.165) is 0 Å². The molecule has 0 amide bonds. The van der Waals surface area contributed by atoms with Crippen molar-refractivity contribution in [3.63, 3.8) is 0 Å². The van der Waals surface area contributed by atoms with E-state index >= 15 is 0 Å². The van der Waals surface area contributed by atoms with Gasteiger partial charge in [-0.15, -0.1) is 0 Å². The summed E-state index contributed by atoms with van der Waals surface area (Å²) in [6.45, 7) is 0.626. The molecule has 0 fully saturated rings. The third-order valence-electron chi connectivity index (χ3n) is 2.85. The summed E-state index contributed by atoms with van der Waals surface area (Å²) in [5.41, 5.74) is 0.216. The van der Waals surface area contributed by atoms with Gasteiger partial charge in [-0.1, -0.05) is 11.6 Å². The van der Waals surface area contributed by atoms with E-state index in [4.69, 9.17) is 30.9 Å². The number of aromatic carboxylic acids is 1. The van der Waals surface area contributed by atoms with E-state index in [0.29, 0.717) is 35.5 Å². The molecule has 116 valence electrons. The first-order valence-electron chi connectivity index (χ1n) is 6.52. The molecule has 6 heteroatoms. The maximum atomic E-state index is 10.7. The van der Waals surface area contributed by atoms with Gasteiger partial charge < -0.3 is 19.3 Å². The van der Waals surface area contributed by atoms with Crippen molar-refractivity contribution in [2.75, 3.05) is 20.3 Å². The molecule has 0 aliphatic heterocycles. The minimum Gasteiger partial charge on any atom is -0.497 e. The maximum Gasteiger partial charge on any atom is 0.335 e. The van der Waals surface area contributed by atoms with Crippen molar-refractivity contribution >= 4 is 17.6 Å². The van der Waals surface area contributed by atoms with Crippen LogP contribution in [0.2, 0.25) is 5.02 Å². The molecule has 1 N–H and O–H groups in total.